The first kappa shape index (κ1) is 10.1. The van der Waals surface area contributed by atoms with Gasteiger partial charge in [0.25, 0.3) is 0 Å². The smallest absolute Gasteiger partial charge is 0.0616 e. The normalized spacial score (nSPS) is 45.4. The fourth-order valence-electron chi connectivity index (χ4n) is 4.34. The van der Waals surface area contributed by atoms with Gasteiger partial charge < -0.3 is 10.4 Å². The van der Waals surface area contributed by atoms with Gasteiger partial charge in [-0.15, -0.1) is 0 Å². The summed E-state index contributed by atoms with van der Waals surface area (Å²) < 4.78 is 0. The third-order valence-corrected chi connectivity index (χ3v) is 5.10. The molecule has 3 unspecified atom stereocenters. The van der Waals surface area contributed by atoms with Gasteiger partial charge >= 0.3 is 0 Å². The van der Waals surface area contributed by atoms with Crippen molar-refractivity contribution in [1.82, 2.24) is 5.32 Å². The quantitative estimate of drug-likeness (QED) is 0.746. The van der Waals surface area contributed by atoms with Gasteiger partial charge in [0.05, 0.1) is 6.61 Å². The Morgan fingerprint density at radius 2 is 1.93 bits per heavy atom. The SMILES string of the molecule is OCC1(NC2CCCC2)CC2CCC1C2. The van der Waals surface area contributed by atoms with E-state index in [0.717, 1.165) is 11.8 Å². The molecule has 0 aliphatic heterocycles. The van der Waals surface area contributed by atoms with Crippen LogP contribution in [0.25, 0.3) is 0 Å². The van der Waals surface area contributed by atoms with Gasteiger partial charge in [-0.2, -0.15) is 0 Å². The first-order valence-electron chi connectivity index (χ1n) is 6.71. The Labute approximate surface area is 92.4 Å². The van der Waals surface area contributed by atoms with E-state index in [1.165, 1.54) is 51.4 Å². The summed E-state index contributed by atoms with van der Waals surface area (Å²) in [6, 6.07) is 0.705. The fourth-order valence-corrected chi connectivity index (χ4v) is 4.34. The molecule has 0 radical (unpaired) electrons. The van der Waals surface area contributed by atoms with Crippen molar-refractivity contribution in [3.63, 3.8) is 0 Å². The summed E-state index contributed by atoms with van der Waals surface area (Å²) in [4.78, 5) is 0. The fraction of sp³-hybridized carbons (Fsp3) is 1.00. The molecule has 3 rings (SSSR count). The number of hydrogen-bond donors (Lipinski definition) is 2. The highest BCUT2D eigenvalue weighted by molar-refractivity contribution is 5.07. The first-order valence-corrected chi connectivity index (χ1v) is 6.71. The van der Waals surface area contributed by atoms with Gasteiger partial charge in [0.1, 0.15) is 0 Å². The minimum atomic E-state index is 0.123. The lowest BCUT2D eigenvalue weighted by molar-refractivity contribution is 0.0942. The zero-order valence-corrected chi connectivity index (χ0v) is 9.54. The van der Waals surface area contributed by atoms with E-state index < -0.39 is 0 Å². The van der Waals surface area contributed by atoms with Crippen molar-refractivity contribution < 1.29 is 5.11 Å². The molecule has 3 fully saturated rings. The summed E-state index contributed by atoms with van der Waals surface area (Å²) in [6.45, 7) is 0.366. The summed E-state index contributed by atoms with van der Waals surface area (Å²) in [5, 5.41) is 13.6. The van der Waals surface area contributed by atoms with E-state index >= 15 is 0 Å². The van der Waals surface area contributed by atoms with Crippen LogP contribution in [0.15, 0.2) is 0 Å². The molecule has 86 valence electrons. The molecule has 0 aromatic heterocycles. The molecular weight excluding hydrogens is 186 g/mol. The zero-order chi connectivity index (χ0) is 10.3. The van der Waals surface area contributed by atoms with Crippen molar-refractivity contribution in [2.75, 3.05) is 6.61 Å². The highest BCUT2D eigenvalue weighted by Crippen LogP contribution is 2.51. The molecule has 0 aromatic rings. The Morgan fingerprint density at radius 3 is 2.47 bits per heavy atom. The molecule has 3 aliphatic carbocycles. The van der Waals surface area contributed by atoms with E-state index in [9.17, 15) is 5.11 Å². The van der Waals surface area contributed by atoms with Crippen molar-refractivity contribution in [3.05, 3.63) is 0 Å². The Hall–Kier alpha value is -0.0800. The monoisotopic (exact) mass is 209 g/mol. The third-order valence-electron chi connectivity index (χ3n) is 5.10. The van der Waals surface area contributed by atoms with Crippen molar-refractivity contribution in [2.45, 2.75) is 62.9 Å². The molecule has 0 heterocycles. The topological polar surface area (TPSA) is 32.3 Å². The van der Waals surface area contributed by atoms with Crippen LogP contribution in [0, 0.1) is 11.8 Å². The highest BCUT2D eigenvalue weighted by atomic mass is 16.3. The van der Waals surface area contributed by atoms with Gasteiger partial charge in [0.2, 0.25) is 0 Å². The summed E-state index contributed by atoms with van der Waals surface area (Å²) in [7, 11) is 0. The molecule has 0 spiro atoms. The van der Waals surface area contributed by atoms with Crippen LogP contribution in [0.3, 0.4) is 0 Å². The van der Waals surface area contributed by atoms with Crippen LogP contribution in [-0.2, 0) is 0 Å². The molecular formula is C13H23NO. The lowest BCUT2D eigenvalue weighted by Gasteiger charge is -2.39. The lowest BCUT2D eigenvalue weighted by atomic mass is 9.81. The van der Waals surface area contributed by atoms with Gasteiger partial charge in [-0.25, -0.2) is 0 Å². The molecule has 3 atom stereocenters. The Bertz CT molecular complexity index is 237. The Morgan fingerprint density at radius 1 is 1.13 bits per heavy atom. The summed E-state index contributed by atoms with van der Waals surface area (Å²) in [6.07, 6.45) is 10.8. The third kappa shape index (κ3) is 1.62. The van der Waals surface area contributed by atoms with E-state index in [1.807, 2.05) is 0 Å². The van der Waals surface area contributed by atoms with E-state index in [1.54, 1.807) is 0 Å². The average Bonchev–Trinajstić information content (AvgIpc) is 2.93. The van der Waals surface area contributed by atoms with Crippen LogP contribution in [0.5, 0.6) is 0 Å². The molecule has 0 saturated heterocycles. The van der Waals surface area contributed by atoms with Crippen LogP contribution in [0.4, 0.5) is 0 Å². The first-order chi connectivity index (χ1) is 7.32. The number of aliphatic hydroxyl groups is 1. The summed E-state index contributed by atoms with van der Waals surface area (Å²) >= 11 is 0. The number of fused-ring (bicyclic) bond motifs is 2. The van der Waals surface area contributed by atoms with Gasteiger partial charge in [-0.3, -0.25) is 0 Å². The number of rotatable bonds is 3. The number of hydrogen-bond acceptors (Lipinski definition) is 2. The van der Waals surface area contributed by atoms with Crippen molar-refractivity contribution in [2.24, 2.45) is 11.8 Å². The predicted molar refractivity (Wildman–Crippen MR) is 60.7 cm³/mol. The molecule has 0 amide bonds. The Balaban J connectivity index is 1.69. The van der Waals surface area contributed by atoms with E-state index in [2.05, 4.69) is 5.32 Å². The Kier molecular flexibility index (Phi) is 2.52. The zero-order valence-electron chi connectivity index (χ0n) is 9.54. The van der Waals surface area contributed by atoms with Crippen LogP contribution in [0.1, 0.15) is 51.4 Å². The molecule has 2 nitrogen and oxygen atoms in total. The van der Waals surface area contributed by atoms with Crippen LogP contribution >= 0.6 is 0 Å². The van der Waals surface area contributed by atoms with Crippen LogP contribution in [-0.4, -0.2) is 23.3 Å². The molecule has 3 saturated carbocycles. The van der Waals surface area contributed by atoms with Gasteiger partial charge in [0.15, 0.2) is 0 Å². The molecule has 15 heavy (non-hydrogen) atoms. The number of nitrogens with one attached hydrogen (secondary N) is 1. The summed E-state index contributed by atoms with van der Waals surface area (Å²) in [5.41, 5.74) is 0.123. The molecule has 2 bridgehead atoms. The van der Waals surface area contributed by atoms with Crippen molar-refractivity contribution in [1.29, 1.82) is 0 Å². The van der Waals surface area contributed by atoms with E-state index in [4.69, 9.17) is 0 Å². The van der Waals surface area contributed by atoms with Crippen LogP contribution in [0.2, 0.25) is 0 Å². The maximum Gasteiger partial charge on any atom is 0.0616 e. The second-order valence-corrected chi connectivity index (χ2v) is 6.02. The molecule has 2 N–H and O–H groups in total. The maximum atomic E-state index is 9.74. The van der Waals surface area contributed by atoms with E-state index in [-0.39, 0.29) is 5.54 Å². The summed E-state index contributed by atoms with van der Waals surface area (Å²) in [5.74, 6) is 1.68. The molecule has 2 heteroatoms. The largest absolute Gasteiger partial charge is 0.394 e. The van der Waals surface area contributed by atoms with E-state index in [0.29, 0.717) is 12.6 Å². The number of aliphatic hydroxyl groups excluding tert-OH is 1. The minimum Gasteiger partial charge on any atom is -0.394 e. The van der Waals surface area contributed by atoms with Crippen molar-refractivity contribution >= 4 is 0 Å². The van der Waals surface area contributed by atoms with Gasteiger partial charge in [-0.1, -0.05) is 19.3 Å². The molecule has 3 aliphatic rings. The lowest BCUT2D eigenvalue weighted by Crippen LogP contribution is -2.55. The average molecular weight is 209 g/mol. The van der Waals surface area contributed by atoms with Gasteiger partial charge in [0, 0.05) is 11.6 Å². The minimum absolute atomic E-state index is 0.123. The second kappa shape index (κ2) is 3.74. The predicted octanol–water partition coefficient (Wildman–Crippen LogP) is 2.07. The van der Waals surface area contributed by atoms with Crippen LogP contribution < -0.4 is 5.32 Å². The van der Waals surface area contributed by atoms with Gasteiger partial charge in [-0.05, 0) is 43.9 Å². The highest BCUT2D eigenvalue weighted by Gasteiger charge is 2.51. The standard InChI is InChI=1S/C13H23NO/c15-9-13(14-12-3-1-2-4-12)8-10-5-6-11(13)7-10/h10-12,14-15H,1-9H2. The maximum absolute atomic E-state index is 9.74. The van der Waals surface area contributed by atoms with Crippen molar-refractivity contribution in [3.8, 4) is 0 Å². The second-order valence-electron chi connectivity index (χ2n) is 6.02. The molecule has 0 aromatic carbocycles.